The van der Waals surface area contributed by atoms with E-state index < -0.39 is 0 Å². The third kappa shape index (κ3) is 8.01. The number of hydrogen-bond donors (Lipinski definition) is 0. The lowest BCUT2D eigenvalue weighted by Gasteiger charge is -2.18. The van der Waals surface area contributed by atoms with Gasteiger partial charge in [0, 0.05) is 33.1 Å². The van der Waals surface area contributed by atoms with Gasteiger partial charge in [-0.2, -0.15) is 4.40 Å². The molecule has 0 bridgehead atoms. The minimum atomic E-state index is 0.198. The normalized spacial score (nSPS) is 11.6. The van der Waals surface area contributed by atoms with Crippen molar-refractivity contribution in [3.05, 3.63) is 120 Å². The van der Waals surface area contributed by atoms with Gasteiger partial charge in [-0.1, -0.05) is 71.8 Å². The molecule has 2 nitrogen and oxygen atoms in total. The van der Waals surface area contributed by atoms with Crippen LogP contribution in [-0.4, -0.2) is 10.5 Å². The first kappa shape index (κ1) is 24.5. The van der Waals surface area contributed by atoms with Crippen LogP contribution in [0.1, 0.15) is 17.5 Å². The van der Waals surface area contributed by atoms with Crippen molar-refractivity contribution in [2.24, 2.45) is 4.40 Å². The molecule has 0 aliphatic heterocycles. The minimum absolute atomic E-state index is 0.198. The molecule has 0 amide bonds. The maximum absolute atomic E-state index is 6.28. The summed E-state index contributed by atoms with van der Waals surface area (Å²) in [6.07, 6.45) is 0.686. The fraction of sp³-hybridized carbons (Fsp3) is 0.138. The summed E-state index contributed by atoms with van der Waals surface area (Å²) in [7, 11) is 0. The van der Waals surface area contributed by atoms with Crippen molar-refractivity contribution in [3.8, 4) is 5.75 Å². The molecule has 0 atom stereocenters. The van der Waals surface area contributed by atoms with Crippen molar-refractivity contribution in [1.29, 1.82) is 0 Å². The van der Waals surface area contributed by atoms with Crippen LogP contribution in [0.5, 0.6) is 5.75 Å². The maximum Gasteiger partial charge on any atom is 0.203 e. The highest BCUT2D eigenvalue weighted by molar-refractivity contribution is 8.17. The van der Waals surface area contributed by atoms with E-state index in [9.17, 15) is 0 Å². The van der Waals surface area contributed by atoms with E-state index in [1.807, 2.05) is 72.1 Å². The Labute approximate surface area is 215 Å². The van der Waals surface area contributed by atoms with Gasteiger partial charge in [-0.25, -0.2) is 0 Å². The number of ether oxygens (including phenoxy) is 1. The molecule has 5 heteroatoms. The first-order chi connectivity index (χ1) is 16.6. The number of thioether (sulfide) groups is 2. The minimum Gasteiger partial charge on any atom is -0.442 e. The topological polar surface area (TPSA) is 21.6 Å². The van der Waals surface area contributed by atoms with Gasteiger partial charge in [0.1, 0.15) is 5.75 Å². The zero-order chi connectivity index (χ0) is 23.6. The quantitative estimate of drug-likeness (QED) is 0.0749. The fourth-order valence-electron chi connectivity index (χ4n) is 3.09. The van der Waals surface area contributed by atoms with Crippen molar-refractivity contribution >= 4 is 41.4 Å². The molecule has 34 heavy (non-hydrogen) atoms. The molecule has 0 saturated carbocycles. The number of benzene rings is 4. The Kier molecular flexibility index (Phi) is 9.19. The molecule has 4 aromatic carbocycles. The number of rotatable bonds is 9. The lowest BCUT2D eigenvalue weighted by molar-refractivity contribution is 0.537. The van der Waals surface area contributed by atoms with Crippen LogP contribution >= 0.6 is 35.5 Å². The average molecular weight is 502 g/mol. The van der Waals surface area contributed by atoms with Crippen LogP contribution in [0.15, 0.2) is 128 Å². The summed E-state index contributed by atoms with van der Waals surface area (Å²) in [6, 6.07) is 37.5. The van der Waals surface area contributed by atoms with Crippen LogP contribution in [0.4, 0.5) is 0 Å². The molecular formula is C29H27NOS3. The van der Waals surface area contributed by atoms with Gasteiger partial charge in [0.15, 0.2) is 0 Å². The fourth-order valence-corrected chi connectivity index (χ4v) is 6.20. The molecule has 0 spiro atoms. The summed E-state index contributed by atoms with van der Waals surface area (Å²) in [5, 5.41) is 0. The molecule has 4 aromatic rings. The van der Waals surface area contributed by atoms with Crippen LogP contribution in [0.25, 0.3) is 0 Å². The Hall–Kier alpha value is -2.60. The standard InChI is InChI=1S/C29H27NOS3/c1-22-13-17-25(18-14-22)32-29(33-26-19-15-23(2)16-20-26)21-28(31-24-9-5-3-6-10-24)30-34-27-11-7-4-8-12-27/h3-20,29H,21H2,1-2H3/b30-28-. The predicted molar refractivity (Wildman–Crippen MR) is 149 cm³/mol. The summed E-state index contributed by atoms with van der Waals surface area (Å²) in [5.74, 6) is 1.51. The maximum atomic E-state index is 6.28. The third-order valence-corrected chi connectivity index (χ3v) is 8.20. The van der Waals surface area contributed by atoms with Gasteiger partial charge in [0.2, 0.25) is 5.90 Å². The van der Waals surface area contributed by atoms with Gasteiger partial charge in [0.25, 0.3) is 0 Å². The summed E-state index contributed by atoms with van der Waals surface area (Å²) >= 11 is 5.15. The number of aryl methyl sites for hydroxylation is 2. The van der Waals surface area contributed by atoms with Crippen molar-refractivity contribution < 1.29 is 4.74 Å². The molecule has 0 saturated heterocycles. The highest BCUT2D eigenvalue weighted by Crippen LogP contribution is 2.38. The van der Waals surface area contributed by atoms with Crippen LogP contribution < -0.4 is 4.74 Å². The van der Waals surface area contributed by atoms with Gasteiger partial charge in [-0.15, -0.1) is 23.5 Å². The molecule has 0 heterocycles. The summed E-state index contributed by atoms with van der Waals surface area (Å²) in [5.41, 5.74) is 2.53. The molecule has 0 aromatic heterocycles. The van der Waals surface area contributed by atoms with Gasteiger partial charge in [0.05, 0.1) is 4.58 Å². The lowest BCUT2D eigenvalue weighted by atomic mass is 10.2. The van der Waals surface area contributed by atoms with Crippen LogP contribution in [0.3, 0.4) is 0 Å². The van der Waals surface area contributed by atoms with Gasteiger partial charge in [-0.05, 0) is 62.4 Å². The van der Waals surface area contributed by atoms with Crippen molar-refractivity contribution in [2.45, 2.75) is 39.5 Å². The summed E-state index contributed by atoms with van der Waals surface area (Å²) < 4.78 is 11.3. The summed E-state index contributed by atoms with van der Waals surface area (Å²) in [4.78, 5) is 3.57. The van der Waals surface area contributed by atoms with E-state index in [1.54, 1.807) is 0 Å². The second-order valence-corrected chi connectivity index (χ2v) is 11.5. The van der Waals surface area contributed by atoms with Crippen LogP contribution in [0, 0.1) is 13.8 Å². The van der Waals surface area contributed by atoms with Crippen LogP contribution in [-0.2, 0) is 0 Å². The first-order valence-corrected chi connectivity index (χ1v) is 13.7. The molecule has 0 unspecified atom stereocenters. The molecule has 0 N–H and O–H groups in total. The number of para-hydroxylation sites is 1. The molecule has 4 rings (SSSR count). The Morgan fingerprint density at radius 3 is 1.68 bits per heavy atom. The Balaban J connectivity index is 1.58. The summed E-state index contributed by atoms with van der Waals surface area (Å²) in [6.45, 7) is 4.23. The largest absolute Gasteiger partial charge is 0.442 e. The molecule has 0 aliphatic carbocycles. The lowest BCUT2D eigenvalue weighted by Crippen LogP contribution is -2.14. The number of nitrogens with zero attached hydrogens (tertiary/aromatic N) is 1. The van der Waals surface area contributed by atoms with E-state index in [0.29, 0.717) is 12.3 Å². The van der Waals surface area contributed by atoms with E-state index in [2.05, 4.69) is 74.5 Å². The van der Waals surface area contributed by atoms with Crippen molar-refractivity contribution in [1.82, 2.24) is 0 Å². The molecule has 172 valence electrons. The zero-order valence-corrected chi connectivity index (χ0v) is 21.7. The van der Waals surface area contributed by atoms with Gasteiger partial charge < -0.3 is 4.74 Å². The molecule has 0 radical (unpaired) electrons. The number of hydrogen-bond acceptors (Lipinski definition) is 5. The average Bonchev–Trinajstić information content (AvgIpc) is 2.86. The highest BCUT2D eigenvalue weighted by atomic mass is 32.2. The van der Waals surface area contributed by atoms with E-state index in [0.717, 1.165) is 10.6 Å². The van der Waals surface area contributed by atoms with Gasteiger partial charge in [-0.3, -0.25) is 0 Å². The second-order valence-electron chi connectivity index (χ2n) is 7.80. The van der Waals surface area contributed by atoms with Gasteiger partial charge >= 0.3 is 0 Å². The van der Waals surface area contributed by atoms with E-state index in [-0.39, 0.29) is 4.58 Å². The highest BCUT2D eigenvalue weighted by Gasteiger charge is 2.18. The van der Waals surface area contributed by atoms with E-state index in [1.165, 1.54) is 32.9 Å². The molecule has 0 aliphatic rings. The predicted octanol–water partition coefficient (Wildman–Crippen LogP) is 9.09. The first-order valence-electron chi connectivity index (χ1n) is 11.1. The Bertz CT molecular complexity index is 1130. The van der Waals surface area contributed by atoms with Crippen molar-refractivity contribution in [3.63, 3.8) is 0 Å². The zero-order valence-electron chi connectivity index (χ0n) is 19.3. The second kappa shape index (κ2) is 12.7. The van der Waals surface area contributed by atoms with Crippen molar-refractivity contribution in [2.75, 3.05) is 0 Å². The smallest absolute Gasteiger partial charge is 0.203 e. The molecule has 0 fully saturated rings. The third-order valence-electron chi connectivity index (χ3n) is 4.89. The Morgan fingerprint density at radius 1 is 0.647 bits per heavy atom. The monoisotopic (exact) mass is 501 g/mol. The van der Waals surface area contributed by atoms with E-state index >= 15 is 0 Å². The van der Waals surface area contributed by atoms with E-state index in [4.69, 9.17) is 9.13 Å². The Morgan fingerprint density at radius 2 is 1.15 bits per heavy atom. The SMILES string of the molecule is Cc1ccc(SC(C/C(=N/Sc2ccccc2)Oc2ccccc2)Sc2ccc(C)cc2)cc1. The molecular weight excluding hydrogens is 475 g/mol. The van der Waals surface area contributed by atoms with Crippen LogP contribution in [0.2, 0.25) is 0 Å².